The molecule has 0 saturated carbocycles. The fourth-order valence-corrected chi connectivity index (χ4v) is 2.53. The van der Waals surface area contributed by atoms with E-state index in [0.29, 0.717) is 11.7 Å². The SMILES string of the molecule is CC(C)CCC1(C)CC(N)c2ccc(F)cc2O1. The Kier molecular flexibility index (Phi) is 3.62. The third-order valence-corrected chi connectivity index (χ3v) is 3.63. The van der Waals surface area contributed by atoms with E-state index in [-0.39, 0.29) is 17.5 Å². The Balaban J connectivity index is 2.20. The van der Waals surface area contributed by atoms with Gasteiger partial charge in [0.2, 0.25) is 0 Å². The molecule has 2 N–H and O–H groups in total. The van der Waals surface area contributed by atoms with Gasteiger partial charge in [0.15, 0.2) is 0 Å². The minimum atomic E-state index is -0.273. The molecular weight excluding hydrogens is 229 g/mol. The van der Waals surface area contributed by atoms with Gasteiger partial charge >= 0.3 is 0 Å². The maximum absolute atomic E-state index is 13.3. The van der Waals surface area contributed by atoms with Crippen LogP contribution in [0.15, 0.2) is 18.2 Å². The summed E-state index contributed by atoms with van der Waals surface area (Å²) < 4.78 is 19.3. The number of fused-ring (bicyclic) bond motifs is 1. The Labute approximate surface area is 108 Å². The highest BCUT2D eigenvalue weighted by Crippen LogP contribution is 2.41. The zero-order valence-electron chi connectivity index (χ0n) is 11.4. The van der Waals surface area contributed by atoms with Crippen molar-refractivity contribution in [2.75, 3.05) is 0 Å². The average Bonchev–Trinajstić information content (AvgIpc) is 2.25. The summed E-state index contributed by atoms with van der Waals surface area (Å²) in [6.07, 6.45) is 2.83. The van der Waals surface area contributed by atoms with E-state index in [1.54, 1.807) is 6.07 Å². The molecule has 2 rings (SSSR count). The van der Waals surface area contributed by atoms with Gasteiger partial charge in [-0.05, 0) is 31.7 Å². The van der Waals surface area contributed by atoms with Crippen LogP contribution in [0.5, 0.6) is 5.75 Å². The second kappa shape index (κ2) is 4.88. The average molecular weight is 251 g/mol. The zero-order valence-corrected chi connectivity index (χ0v) is 11.4. The minimum Gasteiger partial charge on any atom is -0.487 e. The van der Waals surface area contributed by atoms with E-state index >= 15 is 0 Å². The fraction of sp³-hybridized carbons (Fsp3) is 0.600. The number of hydrogen-bond donors (Lipinski definition) is 1. The highest BCUT2D eigenvalue weighted by atomic mass is 19.1. The third-order valence-electron chi connectivity index (χ3n) is 3.63. The maximum atomic E-state index is 13.3. The largest absolute Gasteiger partial charge is 0.487 e. The van der Waals surface area contributed by atoms with Crippen LogP contribution >= 0.6 is 0 Å². The van der Waals surface area contributed by atoms with Crippen molar-refractivity contribution < 1.29 is 9.13 Å². The molecule has 1 aromatic carbocycles. The third kappa shape index (κ3) is 2.83. The van der Waals surface area contributed by atoms with Crippen molar-refractivity contribution in [3.8, 4) is 5.75 Å². The molecule has 100 valence electrons. The van der Waals surface area contributed by atoms with Crippen LogP contribution in [0.3, 0.4) is 0 Å². The lowest BCUT2D eigenvalue weighted by Gasteiger charge is -2.39. The highest BCUT2D eigenvalue weighted by molar-refractivity contribution is 5.39. The number of hydrogen-bond acceptors (Lipinski definition) is 2. The Bertz CT molecular complexity index is 433. The van der Waals surface area contributed by atoms with Crippen molar-refractivity contribution in [3.63, 3.8) is 0 Å². The van der Waals surface area contributed by atoms with E-state index in [4.69, 9.17) is 10.5 Å². The molecule has 2 unspecified atom stereocenters. The number of nitrogens with two attached hydrogens (primary N) is 1. The van der Waals surface area contributed by atoms with Gasteiger partial charge < -0.3 is 10.5 Å². The van der Waals surface area contributed by atoms with Gasteiger partial charge in [-0.3, -0.25) is 0 Å². The van der Waals surface area contributed by atoms with Crippen LogP contribution in [0, 0.1) is 11.7 Å². The van der Waals surface area contributed by atoms with Gasteiger partial charge in [0, 0.05) is 24.1 Å². The van der Waals surface area contributed by atoms with Crippen LogP contribution in [0.4, 0.5) is 4.39 Å². The lowest BCUT2D eigenvalue weighted by Crippen LogP contribution is -2.40. The van der Waals surface area contributed by atoms with Gasteiger partial charge in [0.05, 0.1) is 0 Å². The minimum absolute atomic E-state index is 0.0634. The maximum Gasteiger partial charge on any atom is 0.127 e. The summed E-state index contributed by atoms with van der Waals surface area (Å²) in [5.41, 5.74) is 6.82. The van der Waals surface area contributed by atoms with Gasteiger partial charge in [0.25, 0.3) is 0 Å². The first kappa shape index (κ1) is 13.3. The van der Waals surface area contributed by atoms with Gasteiger partial charge in [-0.1, -0.05) is 19.9 Å². The van der Waals surface area contributed by atoms with Crippen molar-refractivity contribution in [2.45, 2.75) is 51.7 Å². The molecule has 2 nitrogen and oxygen atoms in total. The molecule has 0 saturated heterocycles. The first-order valence-corrected chi connectivity index (χ1v) is 6.64. The molecule has 0 fully saturated rings. The Morgan fingerprint density at radius 3 is 2.89 bits per heavy atom. The van der Waals surface area contributed by atoms with E-state index in [0.717, 1.165) is 24.8 Å². The van der Waals surface area contributed by atoms with Crippen molar-refractivity contribution in [3.05, 3.63) is 29.6 Å². The molecule has 0 aliphatic carbocycles. The van der Waals surface area contributed by atoms with Gasteiger partial charge in [0.1, 0.15) is 17.2 Å². The number of ether oxygens (including phenoxy) is 1. The molecule has 0 aromatic heterocycles. The Hall–Kier alpha value is -1.09. The summed E-state index contributed by atoms with van der Waals surface area (Å²) in [4.78, 5) is 0. The number of halogens is 1. The molecule has 18 heavy (non-hydrogen) atoms. The molecular formula is C15H22FNO. The molecule has 0 spiro atoms. The van der Waals surface area contributed by atoms with Crippen LogP contribution in [-0.4, -0.2) is 5.60 Å². The molecule has 1 heterocycles. The van der Waals surface area contributed by atoms with Crippen molar-refractivity contribution in [1.29, 1.82) is 0 Å². The lowest BCUT2D eigenvalue weighted by molar-refractivity contribution is 0.0401. The quantitative estimate of drug-likeness (QED) is 0.886. The van der Waals surface area contributed by atoms with Crippen molar-refractivity contribution in [1.82, 2.24) is 0 Å². The zero-order chi connectivity index (χ0) is 13.3. The second-order valence-electron chi connectivity index (χ2n) is 5.98. The van der Waals surface area contributed by atoms with E-state index in [1.165, 1.54) is 12.1 Å². The first-order chi connectivity index (χ1) is 8.39. The standard InChI is InChI=1S/C15H22FNO/c1-10(2)6-7-15(3)9-13(17)12-5-4-11(16)8-14(12)18-15/h4-5,8,10,13H,6-7,9,17H2,1-3H3. The summed E-state index contributed by atoms with van der Waals surface area (Å²) in [7, 11) is 0. The van der Waals surface area contributed by atoms with E-state index in [2.05, 4.69) is 20.8 Å². The predicted octanol–water partition coefficient (Wildman–Crippen LogP) is 3.80. The van der Waals surface area contributed by atoms with Gasteiger partial charge in [-0.2, -0.15) is 0 Å². The number of benzene rings is 1. The normalized spacial score (nSPS) is 26.9. The molecule has 1 aromatic rings. The molecule has 0 radical (unpaired) electrons. The van der Waals surface area contributed by atoms with Crippen molar-refractivity contribution >= 4 is 0 Å². The van der Waals surface area contributed by atoms with Crippen LogP contribution in [-0.2, 0) is 0 Å². The molecule has 1 aliphatic rings. The molecule has 2 atom stereocenters. The van der Waals surface area contributed by atoms with E-state index in [9.17, 15) is 4.39 Å². The lowest BCUT2D eigenvalue weighted by atomic mass is 9.84. The Morgan fingerprint density at radius 2 is 2.22 bits per heavy atom. The van der Waals surface area contributed by atoms with Crippen LogP contribution in [0.25, 0.3) is 0 Å². The summed E-state index contributed by atoms with van der Waals surface area (Å²) in [6.45, 7) is 6.46. The molecule has 3 heteroatoms. The molecule has 1 aliphatic heterocycles. The fourth-order valence-electron chi connectivity index (χ4n) is 2.53. The van der Waals surface area contributed by atoms with Crippen LogP contribution in [0.2, 0.25) is 0 Å². The summed E-state index contributed by atoms with van der Waals surface area (Å²) in [5, 5.41) is 0. The van der Waals surface area contributed by atoms with Gasteiger partial charge in [-0.25, -0.2) is 4.39 Å². The van der Waals surface area contributed by atoms with Crippen LogP contribution in [0.1, 0.15) is 51.6 Å². The summed E-state index contributed by atoms with van der Waals surface area (Å²) >= 11 is 0. The monoisotopic (exact) mass is 251 g/mol. The molecule has 0 bridgehead atoms. The first-order valence-electron chi connectivity index (χ1n) is 6.64. The summed E-state index contributed by atoms with van der Waals surface area (Å²) in [6, 6.07) is 4.56. The number of rotatable bonds is 3. The summed E-state index contributed by atoms with van der Waals surface area (Å²) in [5.74, 6) is 0.977. The second-order valence-corrected chi connectivity index (χ2v) is 5.98. The predicted molar refractivity (Wildman–Crippen MR) is 71.1 cm³/mol. The smallest absolute Gasteiger partial charge is 0.127 e. The molecule has 0 amide bonds. The topological polar surface area (TPSA) is 35.2 Å². The van der Waals surface area contributed by atoms with E-state index in [1.807, 2.05) is 0 Å². The van der Waals surface area contributed by atoms with Crippen molar-refractivity contribution in [2.24, 2.45) is 11.7 Å². The Morgan fingerprint density at radius 1 is 1.50 bits per heavy atom. The van der Waals surface area contributed by atoms with Gasteiger partial charge in [-0.15, -0.1) is 0 Å². The van der Waals surface area contributed by atoms with E-state index < -0.39 is 0 Å². The highest BCUT2D eigenvalue weighted by Gasteiger charge is 2.35. The van der Waals surface area contributed by atoms with Crippen LogP contribution < -0.4 is 10.5 Å².